The highest BCUT2D eigenvalue weighted by molar-refractivity contribution is 5.91. The van der Waals surface area contributed by atoms with Gasteiger partial charge >= 0.3 is 0 Å². The molecule has 1 unspecified atom stereocenters. The third-order valence-electron chi connectivity index (χ3n) is 4.53. The molecule has 1 amide bonds. The summed E-state index contributed by atoms with van der Waals surface area (Å²) in [5, 5.41) is 3.01. The van der Waals surface area contributed by atoms with Crippen LogP contribution >= 0.6 is 0 Å². The number of carbonyl (C=O) groups excluding carboxylic acids is 1. The summed E-state index contributed by atoms with van der Waals surface area (Å²) in [4.78, 5) is 23.1. The van der Waals surface area contributed by atoms with Crippen molar-refractivity contribution in [3.63, 3.8) is 0 Å². The molecule has 0 bridgehead atoms. The average Bonchev–Trinajstić information content (AvgIpc) is 3.17. The highest BCUT2D eigenvalue weighted by Gasteiger charge is 2.24. The van der Waals surface area contributed by atoms with E-state index in [1.807, 2.05) is 25.1 Å². The predicted molar refractivity (Wildman–Crippen MR) is 95.6 cm³/mol. The molecule has 2 heterocycles. The van der Waals surface area contributed by atoms with Gasteiger partial charge in [-0.15, -0.1) is 0 Å². The van der Waals surface area contributed by atoms with Gasteiger partial charge in [0.1, 0.15) is 11.4 Å². The van der Waals surface area contributed by atoms with Gasteiger partial charge in [0, 0.05) is 12.7 Å². The Kier molecular flexibility index (Phi) is 5.60. The Morgan fingerprint density at radius 1 is 1.28 bits per heavy atom. The van der Waals surface area contributed by atoms with Crippen molar-refractivity contribution in [3.8, 4) is 5.75 Å². The van der Waals surface area contributed by atoms with Gasteiger partial charge in [0.15, 0.2) is 0 Å². The molecule has 0 aliphatic carbocycles. The summed E-state index contributed by atoms with van der Waals surface area (Å²) in [5.74, 6) is 0.636. The van der Waals surface area contributed by atoms with Crippen LogP contribution in [0.2, 0.25) is 0 Å². The molecule has 6 heteroatoms. The molecule has 0 saturated carbocycles. The number of nitrogens with zero attached hydrogens (tertiary/aromatic N) is 3. The van der Waals surface area contributed by atoms with Crippen molar-refractivity contribution in [2.24, 2.45) is 0 Å². The number of ether oxygens (including phenoxy) is 1. The molecule has 25 heavy (non-hydrogen) atoms. The van der Waals surface area contributed by atoms with E-state index < -0.39 is 0 Å². The quantitative estimate of drug-likeness (QED) is 0.874. The molecule has 1 aromatic heterocycles. The van der Waals surface area contributed by atoms with E-state index >= 15 is 0 Å². The molecule has 0 spiro atoms. The van der Waals surface area contributed by atoms with Crippen LogP contribution in [0.15, 0.2) is 36.7 Å². The number of hydrogen-bond donors (Lipinski definition) is 1. The normalized spacial score (nSPS) is 15.8. The first kappa shape index (κ1) is 17.4. The highest BCUT2D eigenvalue weighted by Crippen LogP contribution is 2.27. The summed E-state index contributed by atoms with van der Waals surface area (Å²) in [6.45, 7) is 4.46. The molecule has 6 nitrogen and oxygen atoms in total. The SMILES string of the molecule is COc1cccc(C(CNC(=O)c2cnc(C)cn2)N2CCCC2)c1. The van der Waals surface area contributed by atoms with Crippen molar-refractivity contribution in [3.05, 3.63) is 53.6 Å². The number of methoxy groups -OCH3 is 1. The summed E-state index contributed by atoms with van der Waals surface area (Å²) in [6.07, 6.45) is 5.51. The van der Waals surface area contributed by atoms with Gasteiger partial charge in [-0.3, -0.25) is 14.7 Å². The molecule has 2 aromatic rings. The van der Waals surface area contributed by atoms with Crippen molar-refractivity contribution < 1.29 is 9.53 Å². The summed E-state index contributed by atoms with van der Waals surface area (Å²) >= 11 is 0. The van der Waals surface area contributed by atoms with Crippen molar-refractivity contribution in [2.45, 2.75) is 25.8 Å². The minimum atomic E-state index is -0.195. The van der Waals surface area contributed by atoms with E-state index in [1.165, 1.54) is 19.0 Å². The minimum absolute atomic E-state index is 0.125. The topological polar surface area (TPSA) is 67.3 Å². The van der Waals surface area contributed by atoms with Gasteiger partial charge in [-0.2, -0.15) is 0 Å². The smallest absolute Gasteiger partial charge is 0.271 e. The van der Waals surface area contributed by atoms with Gasteiger partial charge in [0.2, 0.25) is 0 Å². The first-order valence-electron chi connectivity index (χ1n) is 8.62. The lowest BCUT2D eigenvalue weighted by atomic mass is 10.0. The Bertz CT molecular complexity index is 712. The fraction of sp³-hybridized carbons (Fsp3) is 0.421. The maximum atomic E-state index is 12.4. The number of benzene rings is 1. The van der Waals surface area contributed by atoms with Crippen LogP contribution in [-0.4, -0.2) is 47.5 Å². The first-order valence-corrected chi connectivity index (χ1v) is 8.62. The van der Waals surface area contributed by atoms with Gasteiger partial charge in [-0.05, 0) is 50.6 Å². The van der Waals surface area contributed by atoms with Crippen molar-refractivity contribution >= 4 is 5.91 Å². The Hall–Kier alpha value is -2.47. The summed E-state index contributed by atoms with van der Waals surface area (Å²) in [7, 11) is 1.67. The van der Waals surface area contributed by atoms with Gasteiger partial charge < -0.3 is 10.1 Å². The fourth-order valence-electron chi connectivity index (χ4n) is 3.15. The maximum Gasteiger partial charge on any atom is 0.271 e. The van der Waals surface area contributed by atoms with Gasteiger partial charge in [-0.25, -0.2) is 4.98 Å². The lowest BCUT2D eigenvalue weighted by Gasteiger charge is -2.28. The second-order valence-corrected chi connectivity index (χ2v) is 6.29. The Balaban J connectivity index is 1.73. The number of aromatic nitrogens is 2. The van der Waals surface area contributed by atoms with E-state index in [0.29, 0.717) is 12.2 Å². The molecule has 1 saturated heterocycles. The number of likely N-dealkylation sites (tertiary alicyclic amines) is 1. The summed E-state index contributed by atoms with van der Waals surface area (Å²) in [6, 6.07) is 8.18. The number of nitrogens with one attached hydrogen (secondary N) is 1. The van der Waals surface area contributed by atoms with Crippen LogP contribution in [0.25, 0.3) is 0 Å². The van der Waals surface area contributed by atoms with Crippen LogP contribution in [0.3, 0.4) is 0 Å². The molecule has 0 radical (unpaired) electrons. The van der Waals surface area contributed by atoms with E-state index in [9.17, 15) is 4.79 Å². The third kappa shape index (κ3) is 4.33. The number of carbonyl (C=O) groups is 1. The van der Waals surface area contributed by atoms with Crippen molar-refractivity contribution in [1.82, 2.24) is 20.2 Å². The Morgan fingerprint density at radius 3 is 2.76 bits per heavy atom. The van der Waals surface area contributed by atoms with Crippen LogP contribution in [0.1, 0.15) is 40.6 Å². The standard InChI is InChI=1S/C19H24N4O2/c1-14-11-21-17(12-20-14)19(24)22-13-18(23-8-3-4-9-23)15-6-5-7-16(10-15)25-2/h5-7,10-12,18H,3-4,8-9,13H2,1-2H3,(H,22,24). The van der Waals surface area contributed by atoms with E-state index in [2.05, 4.69) is 26.3 Å². The monoisotopic (exact) mass is 340 g/mol. The molecular weight excluding hydrogens is 316 g/mol. The zero-order valence-corrected chi connectivity index (χ0v) is 14.7. The summed E-state index contributed by atoms with van der Waals surface area (Å²) < 4.78 is 5.35. The fourth-order valence-corrected chi connectivity index (χ4v) is 3.15. The van der Waals surface area contributed by atoms with E-state index in [-0.39, 0.29) is 11.9 Å². The average molecular weight is 340 g/mol. The molecule has 132 valence electrons. The largest absolute Gasteiger partial charge is 0.497 e. The molecule has 1 aromatic carbocycles. The van der Waals surface area contributed by atoms with Crippen molar-refractivity contribution in [2.75, 3.05) is 26.7 Å². The lowest BCUT2D eigenvalue weighted by molar-refractivity contribution is 0.0932. The zero-order valence-electron chi connectivity index (χ0n) is 14.7. The number of amides is 1. The molecular formula is C19H24N4O2. The number of aryl methyl sites for hydroxylation is 1. The molecule has 1 N–H and O–H groups in total. The highest BCUT2D eigenvalue weighted by atomic mass is 16.5. The lowest BCUT2D eigenvalue weighted by Crippen LogP contribution is -2.37. The van der Waals surface area contributed by atoms with Crippen LogP contribution in [0.4, 0.5) is 0 Å². The molecule has 1 aliphatic heterocycles. The maximum absolute atomic E-state index is 12.4. The molecule has 3 rings (SSSR count). The van der Waals surface area contributed by atoms with E-state index in [1.54, 1.807) is 13.3 Å². The summed E-state index contributed by atoms with van der Waals surface area (Å²) in [5.41, 5.74) is 2.29. The van der Waals surface area contributed by atoms with E-state index in [4.69, 9.17) is 4.74 Å². The molecule has 1 fully saturated rings. The van der Waals surface area contributed by atoms with Gasteiger partial charge in [0.25, 0.3) is 5.91 Å². The second-order valence-electron chi connectivity index (χ2n) is 6.29. The zero-order chi connectivity index (χ0) is 17.6. The van der Waals surface area contributed by atoms with Crippen molar-refractivity contribution in [1.29, 1.82) is 0 Å². The van der Waals surface area contributed by atoms with Gasteiger partial charge in [0.05, 0.1) is 25.0 Å². The van der Waals surface area contributed by atoms with Crippen LogP contribution in [-0.2, 0) is 0 Å². The van der Waals surface area contributed by atoms with Crippen LogP contribution < -0.4 is 10.1 Å². The molecule has 1 aliphatic rings. The Morgan fingerprint density at radius 2 is 2.08 bits per heavy atom. The van der Waals surface area contributed by atoms with Crippen LogP contribution in [0, 0.1) is 6.92 Å². The molecule has 1 atom stereocenters. The Labute approximate surface area is 148 Å². The minimum Gasteiger partial charge on any atom is -0.497 e. The number of hydrogen-bond acceptors (Lipinski definition) is 5. The van der Waals surface area contributed by atoms with Crippen LogP contribution in [0.5, 0.6) is 5.75 Å². The first-order chi connectivity index (χ1) is 12.2. The predicted octanol–water partition coefficient (Wildman–Crippen LogP) is 2.36. The third-order valence-corrected chi connectivity index (χ3v) is 4.53. The van der Waals surface area contributed by atoms with Gasteiger partial charge in [-0.1, -0.05) is 12.1 Å². The van der Waals surface area contributed by atoms with E-state index in [0.717, 1.165) is 30.1 Å². The second kappa shape index (κ2) is 8.07. The number of rotatable bonds is 6.